The Morgan fingerprint density at radius 1 is 1.38 bits per heavy atom. The molecular weight excluding hydrogens is 344 g/mol. The quantitative estimate of drug-likeness (QED) is 0.523. The number of thioether (sulfide) groups is 1. The summed E-state index contributed by atoms with van der Waals surface area (Å²) in [5.74, 6) is 3.24. The molecule has 2 heterocycles. The van der Waals surface area contributed by atoms with E-state index in [9.17, 15) is 5.11 Å². The van der Waals surface area contributed by atoms with Gasteiger partial charge in [0.05, 0.1) is 12.6 Å². The molecule has 0 aromatic heterocycles. The van der Waals surface area contributed by atoms with Crippen molar-refractivity contribution in [2.45, 2.75) is 44.9 Å². The first-order chi connectivity index (χ1) is 12.7. The number of nitrogens with one attached hydrogen (secondary N) is 2. The fourth-order valence-corrected chi connectivity index (χ4v) is 4.70. The molecule has 0 bridgehead atoms. The largest absolute Gasteiger partial charge is 0.390 e. The molecule has 0 radical (unpaired) electrons. The average molecular weight is 377 g/mol. The summed E-state index contributed by atoms with van der Waals surface area (Å²) in [5.41, 5.74) is 2.83. The summed E-state index contributed by atoms with van der Waals surface area (Å²) in [7, 11) is 0. The van der Waals surface area contributed by atoms with Crippen molar-refractivity contribution in [3.8, 4) is 0 Å². The van der Waals surface area contributed by atoms with Crippen LogP contribution in [0, 0.1) is 0 Å². The molecule has 1 saturated heterocycles. The van der Waals surface area contributed by atoms with Crippen molar-refractivity contribution in [1.82, 2.24) is 15.5 Å². The van der Waals surface area contributed by atoms with Gasteiger partial charge in [0.25, 0.3) is 0 Å². The zero-order chi connectivity index (χ0) is 18.2. The molecule has 3 N–H and O–H groups in total. The lowest BCUT2D eigenvalue weighted by atomic mass is 10.00. The van der Waals surface area contributed by atoms with E-state index in [0.717, 1.165) is 37.8 Å². The number of hydrogen-bond donors (Lipinski definition) is 3. The minimum absolute atomic E-state index is 0.434. The van der Waals surface area contributed by atoms with E-state index in [0.29, 0.717) is 19.1 Å². The van der Waals surface area contributed by atoms with Crippen LogP contribution >= 0.6 is 11.8 Å². The van der Waals surface area contributed by atoms with Gasteiger partial charge < -0.3 is 15.7 Å². The lowest BCUT2D eigenvalue weighted by Crippen LogP contribution is -2.46. The van der Waals surface area contributed by atoms with Gasteiger partial charge in [-0.1, -0.05) is 24.3 Å². The minimum atomic E-state index is -0.434. The van der Waals surface area contributed by atoms with Crippen LogP contribution in [-0.2, 0) is 13.0 Å². The second-order valence-corrected chi connectivity index (χ2v) is 8.34. The molecule has 5 nitrogen and oxygen atoms in total. The monoisotopic (exact) mass is 376 g/mol. The van der Waals surface area contributed by atoms with Gasteiger partial charge in [-0.05, 0) is 43.1 Å². The number of benzene rings is 1. The first-order valence-electron chi connectivity index (χ1n) is 9.84. The fraction of sp³-hybridized carbons (Fsp3) is 0.650. The Kier molecular flexibility index (Phi) is 7.65. The molecule has 6 heteroatoms. The van der Waals surface area contributed by atoms with Crippen LogP contribution < -0.4 is 10.6 Å². The van der Waals surface area contributed by atoms with Gasteiger partial charge in [-0.25, -0.2) is 0 Å². The molecule has 26 heavy (non-hydrogen) atoms. The van der Waals surface area contributed by atoms with Gasteiger partial charge in [0.2, 0.25) is 0 Å². The highest BCUT2D eigenvalue weighted by Crippen LogP contribution is 2.18. The lowest BCUT2D eigenvalue weighted by molar-refractivity contribution is 0.111. The van der Waals surface area contributed by atoms with Crippen molar-refractivity contribution in [1.29, 1.82) is 0 Å². The standard InChI is InChI=1S/C20H32N4OS/c1-2-21-20(23-18-8-5-11-26-15-18)22-12-19(25)14-24-10-9-16-6-3-4-7-17(16)13-24/h3-4,6-7,18-19,25H,2,5,8-15H2,1H3,(H2,21,22,23). The van der Waals surface area contributed by atoms with Crippen LogP contribution in [0.5, 0.6) is 0 Å². The highest BCUT2D eigenvalue weighted by atomic mass is 32.2. The topological polar surface area (TPSA) is 59.9 Å². The molecule has 1 aromatic rings. The summed E-state index contributed by atoms with van der Waals surface area (Å²) in [6.45, 7) is 5.97. The smallest absolute Gasteiger partial charge is 0.191 e. The Morgan fingerprint density at radius 3 is 3.00 bits per heavy atom. The van der Waals surface area contributed by atoms with E-state index in [2.05, 4.69) is 51.7 Å². The highest BCUT2D eigenvalue weighted by Gasteiger charge is 2.19. The van der Waals surface area contributed by atoms with Crippen molar-refractivity contribution in [3.63, 3.8) is 0 Å². The second kappa shape index (κ2) is 10.2. The first-order valence-corrected chi connectivity index (χ1v) is 11.0. The number of β-amino-alcohol motifs (C(OH)–C–C–N with tert-alkyl or cyclic N) is 1. The Hall–Kier alpha value is -1.24. The van der Waals surface area contributed by atoms with Crippen LogP contribution in [0.25, 0.3) is 0 Å². The minimum Gasteiger partial charge on any atom is -0.390 e. The zero-order valence-electron chi connectivity index (χ0n) is 15.8. The Labute approximate surface area is 161 Å². The van der Waals surface area contributed by atoms with Gasteiger partial charge in [-0.2, -0.15) is 11.8 Å². The first kappa shape index (κ1) is 19.5. The average Bonchev–Trinajstić information content (AvgIpc) is 2.67. The van der Waals surface area contributed by atoms with E-state index in [1.165, 1.54) is 29.7 Å². The van der Waals surface area contributed by atoms with Gasteiger partial charge in [0.15, 0.2) is 5.96 Å². The normalized spacial score (nSPS) is 22.5. The van der Waals surface area contributed by atoms with E-state index in [1.54, 1.807) is 0 Å². The van der Waals surface area contributed by atoms with Crippen molar-refractivity contribution in [2.75, 3.05) is 37.7 Å². The van der Waals surface area contributed by atoms with Gasteiger partial charge in [-0.15, -0.1) is 0 Å². The fourth-order valence-electron chi connectivity index (χ4n) is 3.63. The predicted molar refractivity (Wildman–Crippen MR) is 111 cm³/mol. The number of fused-ring (bicyclic) bond motifs is 1. The van der Waals surface area contributed by atoms with Crippen molar-refractivity contribution in [3.05, 3.63) is 35.4 Å². The summed E-state index contributed by atoms with van der Waals surface area (Å²) in [6.07, 6.45) is 3.10. The molecule has 0 amide bonds. The Balaban J connectivity index is 1.48. The van der Waals surface area contributed by atoms with Crippen LogP contribution in [0.2, 0.25) is 0 Å². The highest BCUT2D eigenvalue weighted by molar-refractivity contribution is 7.99. The molecular formula is C20H32N4OS. The van der Waals surface area contributed by atoms with Crippen LogP contribution in [0.1, 0.15) is 30.9 Å². The molecule has 144 valence electrons. The number of aliphatic imine (C=N–C) groups is 1. The number of guanidine groups is 1. The molecule has 3 rings (SSSR count). The number of aliphatic hydroxyl groups is 1. The molecule has 0 saturated carbocycles. The molecule has 0 spiro atoms. The summed E-state index contributed by atoms with van der Waals surface area (Å²) in [4.78, 5) is 6.96. The third-order valence-corrected chi connectivity index (χ3v) is 6.20. The molecule has 1 aromatic carbocycles. The SMILES string of the molecule is CCNC(=NCC(O)CN1CCc2ccccc2C1)NC1CCCSC1. The van der Waals surface area contributed by atoms with Crippen molar-refractivity contribution < 1.29 is 5.11 Å². The molecule has 2 aliphatic heterocycles. The van der Waals surface area contributed by atoms with Crippen molar-refractivity contribution >= 4 is 17.7 Å². The summed E-state index contributed by atoms with van der Waals surface area (Å²) >= 11 is 2.00. The van der Waals surface area contributed by atoms with E-state index < -0.39 is 6.10 Å². The number of aliphatic hydroxyl groups excluding tert-OH is 1. The number of rotatable bonds is 6. The van der Waals surface area contributed by atoms with Crippen LogP contribution in [0.4, 0.5) is 0 Å². The van der Waals surface area contributed by atoms with Gasteiger partial charge in [0, 0.05) is 38.0 Å². The van der Waals surface area contributed by atoms with Crippen molar-refractivity contribution in [2.24, 2.45) is 4.99 Å². The third kappa shape index (κ3) is 5.89. The van der Waals surface area contributed by atoms with Gasteiger partial charge in [-0.3, -0.25) is 9.89 Å². The summed E-state index contributed by atoms with van der Waals surface area (Å²) < 4.78 is 0. The molecule has 0 aliphatic carbocycles. The number of hydrogen-bond acceptors (Lipinski definition) is 4. The lowest BCUT2D eigenvalue weighted by Gasteiger charge is -2.30. The summed E-state index contributed by atoms with van der Waals surface area (Å²) in [5, 5.41) is 17.3. The molecule has 2 unspecified atom stereocenters. The maximum atomic E-state index is 10.5. The number of nitrogens with zero attached hydrogens (tertiary/aromatic N) is 2. The molecule has 1 fully saturated rings. The van der Waals surface area contributed by atoms with Crippen LogP contribution in [0.15, 0.2) is 29.3 Å². The third-order valence-electron chi connectivity index (χ3n) is 4.98. The second-order valence-electron chi connectivity index (χ2n) is 7.19. The van der Waals surface area contributed by atoms with Gasteiger partial charge >= 0.3 is 0 Å². The van der Waals surface area contributed by atoms with E-state index in [-0.39, 0.29) is 0 Å². The van der Waals surface area contributed by atoms with E-state index in [1.807, 2.05) is 11.8 Å². The Morgan fingerprint density at radius 2 is 2.23 bits per heavy atom. The van der Waals surface area contributed by atoms with Crippen LogP contribution in [0.3, 0.4) is 0 Å². The summed E-state index contributed by atoms with van der Waals surface area (Å²) in [6, 6.07) is 9.11. The van der Waals surface area contributed by atoms with Gasteiger partial charge in [0.1, 0.15) is 0 Å². The van der Waals surface area contributed by atoms with E-state index in [4.69, 9.17) is 0 Å². The zero-order valence-corrected chi connectivity index (χ0v) is 16.6. The van der Waals surface area contributed by atoms with Crippen LogP contribution in [-0.4, -0.2) is 65.8 Å². The molecule has 2 atom stereocenters. The maximum absolute atomic E-state index is 10.5. The maximum Gasteiger partial charge on any atom is 0.191 e. The predicted octanol–water partition coefficient (Wildman–Crippen LogP) is 1.86. The van der Waals surface area contributed by atoms with E-state index >= 15 is 0 Å². The Bertz CT molecular complexity index is 589. The molecule has 2 aliphatic rings.